The molecule has 4 nitrogen and oxygen atoms in total. The highest BCUT2D eigenvalue weighted by Crippen LogP contribution is 2.28. The molecule has 2 heterocycles. The van der Waals surface area contributed by atoms with Gasteiger partial charge in [-0.15, -0.1) is 0 Å². The average Bonchev–Trinajstić information content (AvgIpc) is 3.01. The molecule has 1 aromatic heterocycles. The van der Waals surface area contributed by atoms with Crippen molar-refractivity contribution in [3.63, 3.8) is 0 Å². The summed E-state index contributed by atoms with van der Waals surface area (Å²) >= 11 is 0. The summed E-state index contributed by atoms with van der Waals surface area (Å²) in [6, 6.07) is 0.630. The fourth-order valence-electron chi connectivity index (χ4n) is 1.90. The molecule has 4 heteroatoms. The van der Waals surface area contributed by atoms with E-state index in [0.717, 1.165) is 30.4 Å². The Labute approximate surface area is 89.1 Å². The topological polar surface area (TPSA) is 47.0 Å². The first-order valence-corrected chi connectivity index (χ1v) is 5.53. The molecule has 15 heavy (non-hydrogen) atoms. The lowest BCUT2D eigenvalue weighted by Crippen LogP contribution is -2.17. The van der Waals surface area contributed by atoms with E-state index in [2.05, 4.69) is 15.3 Å². The maximum atomic E-state index is 5.46. The molecule has 1 aromatic rings. The van der Waals surface area contributed by atoms with Gasteiger partial charge >= 0.3 is 0 Å². The first-order valence-electron chi connectivity index (χ1n) is 5.53. The summed E-state index contributed by atoms with van der Waals surface area (Å²) in [5.41, 5.74) is 2.33. The van der Waals surface area contributed by atoms with Crippen LogP contribution in [0.15, 0.2) is 0 Å². The zero-order valence-corrected chi connectivity index (χ0v) is 8.92. The van der Waals surface area contributed by atoms with Crippen LogP contribution in [0.2, 0.25) is 0 Å². The second kappa shape index (κ2) is 3.45. The summed E-state index contributed by atoms with van der Waals surface area (Å²) in [5, 5.41) is 3.45. The molecule has 0 unspecified atom stereocenters. The maximum Gasteiger partial charge on any atom is 0.135 e. The quantitative estimate of drug-likeness (QED) is 0.793. The molecule has 2 aliphatic rings. The third-order valence-electron chi connectivity index (χ3n) is 2.85. The van der Waals surface area contributed by atoms with Crippen molar-refractivity contribution in [3.05, 3.63) is 17.1 Å². The second-order valence-corrected chi connectivity index (χ2v) is 4.27. The largest absolute Gasteiger partial charge is 0.376 e. The van der Waals surface area contributed by atoms with E-state index in [4.69, 9.17) is 4.74 Å². The lowest BCUT2D eigenvalue weighted by atomic mass is 10.1. The molecule has 0 saturated heterocycles. The fourth-order valence-corrected chi connectivity index (χ4v) is 1.90. The summed E-state index contributed by atoms with van der Waals surface area (Å²) in [5.74, 6) is 1.86. The number of aromatic nitrogens is 2. The molecule has 0 bridgehead atoms. The molecule has 0 atom stereocenters. The molecule has 1 aliphatic heterocycles. The van der Waals surface area contributed by atoms with Crippen LogP contribution < -0.4 is 5.32 Å². The van der Waals surface area contributed by atoms with Crippen LogP contribution >= 0.6 is 0 Å². The molecule has 3 rings (SSSR count). The van der Waals surface area contributed by atoms with Crippen LogP contribution in [0.5, 0.6) is 0 Å². The summed E-state index contributed by atoms with van der Waals surface area (Å²) in [6.45, 7) is 3.39. The molecule has 1 saturated carbocycles. The van der Waals surface area contributed by atoms with E-state index < -0.39 is 0 Å². The molecule has 0 amide bonds. The van der Waals surface area contributed by atoms with Gasteiger partial charge in [0.25, 0.3) is 0 Å². The lowest BCUT2D eigenvalue weighted by molar-refractivity contribution is 0.109. The van der Waals surface area contributed by atoms with Gasteiger partial charge in [0.15, 0.2) is 0 Å². The summed E-state index contributed by atoms with van der Waals surface area (Å²) < 4.78 is 5.46. The fraction of sp³-hybridized carbons (Fsp3) is 0.636. The normalized spacial score (nSPS) is 19.8. The van der Waals surface area contributed by atoms with Gasteiger partial charge in [-0.25, -0.2) is 9.97 Å². The van der Waals surface area contributed by atoms with Crippen LogP contribution in [-0.4, -0.2) is 22.6 Å². The monoisotopic (exact) mass is 205 g/mol. The zero-order valence-electron chi connectivity index (χ0n) is 8.92. The Bertz CT molecular complexity index is 388. The first-order chi connectivity index (χ1) is 7.33. The maximum absolute atomic E-state index is 5.46. The summed E-state index contributed by atoms with van der Waals surface area (Å²) in [4.78, 5) is 8.94. The van der Waals surface area contributed by atoms with Crippen molar-refractivity contribution in [1.29, 1.82) is 0 Å². The highest BCUT2D eigenvalue weighted by molar-refractivity contribution is 5.48. The predicted molar refractivity (Wildman–Crippen MR) is 56.8 cm³/mol. The number of aryl methyl sites for hydroxylation is 1. The highest BCUT2D eigenvalue weighted by atomic mass is 16.5. The van der Waals surface area contributed by atoms with Crippen molar-refractivity contribution < 1.29 is 4.74 Å². The third-order valence-corrected chi connectivity index (χ3v) is 2.85. The Morgan fingerprint density at radius 3 is 3.00 bits per heavy atom. The molecule has 80 valence electrons. The van der Waals surface area contributed by atoms with Crippen LogP contribution in [0.25, 0.3) is 0 Å². The first kappa shape index (κ1) is 9.09. The summed E-state index contributed by atoms with van der Waals surface area (Å²) in [7, 11) is 0. The standard InChI is InChI=1S/C11H15N3O/c1-7-12-10-4-5-15-6-9(10)11(13-7)14-8-2-3-8/h8H,2-6H2,1H3,(H,12,13,14). The number of fused-ring (bicyclic) bond motifs is 1. The number of ether oxygens (including phenoxy) is 1. The molecule has 0 aromatic carbocycles. The Kier molecular flexibility index (Phi) is 2.09. The lowest BCUT2D eigenvalue weighted by Gasteiger charge is -2.19. The van der Waals surface area contributed by atoms with Crippen molar-refractivity contribution in [3.8, 4) is 0 Å². The minimum absolute atomic E-state index is 0.630. The minimum atomic E-state index is 0.630. The van der Waals surface area contributed by atoms with Crippen molar-refractivity contribution in [1.82, 2.24) is 9.97 Å². The third kappa shape index (κ3) is 1.81. The van der Waals surface area contributed by atoms with Crippen LogP contribution in [0.3, 0.4) is 0 Å². The van der Waals surface area contributed by atoms with Gasteiger partial charge in [0.2, 0.25) is 0 Å². The zero-order chi connectivity index (χ0) is 10.3. The predicted octanol–water partition coefficient (Wildman–Crippen LogP) is 1.43. The Hall–Kier alpha value is -1.16. The molecular formula is C11H15N3O. The molecule has 1 aliphatic carbocycles. The van der Waals surface area contributed by atoms with Gasteiger partial charge in [-0.3, -0.25) is 0 Å². The van der Waals surface area contributed by atoms with Crippen LogP contribution in [0, 0.1) is 6.92 Å². The number of nitrogens with zero attached hydrogens (tertiary/aromatic N) is 2. The van der Waals surface area contributed by atoms with Crippen molar-refractivity contribution in [2.45, 2.75) is 38.8 Å². The van der Waals surface area contributed by atoms with Crippen LogP contribution in [0.1, 0.15) is 29.9 Å². The van der Waals surface area contributed by atoms with Crippen molar-refractivity contribution in [2.75, 3.05) is 11.9 Å². The van der Waals surface area contributed by atoms with Gasteiger partial charge in [0, 0.05) is 18.0 Å². The molecule has 1 N–H and O–H groups in total. The van der Waals surface area contributed by atoms with Gasteiger partial charge in [-0.05, 0) is 19.8 Å². The SMILES string of the molecule is Cc1nc2c(c(NC3CC3)n1)COCC2. The Morgan fingerprint density at radius 2 is 2.20 bits per heavy atom. The number of hydrogen-bond donors (Lipinski definition) is 1. The van der Waals surface area contributed by atoms with E-state index in [1.165, 1.54) is 18.4 Å². The smallest absolute Gasteiger partial charge is 0.135 e. The van der Waals surface area contributed by atoms with Gasteiger partial charge in [-0.1, -0.05) is 0 Å². The van der Waals surface area contributed by atoms with Gasteiger partial charge in [-0.2, -0.15) is 0 Å². The Morgan fingerprint density at radius 1 is 1.33 bits per heavy atom. The minimum Gasteiger partial charge on any atom is -0.376 e. The van der Waals surface area contributed by atoms with E-state index in [-0.39, 0.29) is 0 Å². The van der Waals surface area contributed by atoms with E-state index in [9.17, 15) is 0 Å². The van der Waals surface area contributed by atoms with Gasteiger partial charge in [0.05, 0.1) is 18.9 Å². The van der Waals surface area contributed by atoms with Gasteiger partial charge < -0.3 is 10.1 Å². The van der Waals surface area contributed by atoms with Crippen LogP contribution in [-0.2, 0) is 17.8 Å². The number of hydrogen-bond acceptors (Lipinski definition) is 4. The molecule has 1 fully saturated rings. The molecule has 0 spiro atoms. The van der Waals surface area contributed by atoms with Crippen molar-refractivity contribution >= 4 is 5.82 Å². The van der Waals surface area contributed by atoms with Crippen molar-refractivity contribution in [2.24, 2.45) is 0 Å². The van der Waals surface area contributed by atoms with E-state index in [0.29, 0.717) is 12.6 Å². The van der Waals surface area contributed by atoms with Crippen LogP contribution in [0.4, 0.5) is 5.82 Å². The van der Waals surface area contributed by atoms with E-state index in [1.54, 1.807) is 0 Å². The highest BCUT2D eigenvalue weighted by Gasteiger charge is 2.25. The number of nitrogens with one attached hydrogen (secondary N) is 1. The van der Waals surface area contributed by atoms with Gasteiger partial charge in [0.1, 0.15) is 11.6 Å². The second-order valence-electron chi connectivity index (χ2n) is 4.27. The average molecular weight is 205 g/mol. The Balaban J connectivity index is 1.98. The van der Waals surface area contributed by atoms with E-state index in [1.807, 2.05) is 6.92 Å². The van der Waals surface area contributed by atoms with E-state index >= 15 is 0 Å². The molecular weight excluding hydrogens is 190 g/mol. The number of anilines is 1. The molecule has 0 radical (unpaired) electrons. The summed E-state index contributed by atoms with van der Waals surface area (Å²) in [6.07, 6.45) is 3.44. The number of rotatable bonds is 2.